The summed E-state index contributed by atoms with van der Waals surface area (Å²) in [5.41, 5.74) is 6.29. The predicted molar refractivity (Wildman–Crippen MR) is 68.3 cm³/mol. The topological polar surface area (TPSA) is 75.6 Å². The zero-order chi connectivity index (χ0) is 13.1. The molecule has 1 aromatic heterocycles. The number of nitrogens with zero attached hydrogens (tertiary/aromatic N) is 3. The van der Waals surface area contributed by atoms with Crippen LogP contribution in [0.5, 0.6) is 0 Å². The first-order chi connectivity index (χ1) is 8.67. The number of halogens is 1. The van der Waals surface area contributed by atoms with Gasteiger partial charge in [-0.3, -0.25) is 0 Å². The molecule has 0 aliphatic carbocycles. The van der Waals surface area contributed by atoms with Crippen molar-refractivity contribution in [3.63, 3.8) is 0 Å². The van der Waals surface area contributed by atoms with Crippen LogP contribution in [-0.4, -0.2) is 16.2 Å². The second-order valence-electron chi connectivity index (χ2n) is 3.41. The van der Waals surface area contributed by atoms with Crippen LogP contribution < -0.4 is 5.73 Å². The Morgan fingerprint density at radius 1 is 1.33 bits per heavy atom. The fourth-order valence-electron chi connectivity index (χ4n) is 1.55. The van der Waals surface area contributed by atoms with E-state index < -0.39 is 5.82 Å². The van der Waals surface area contributed by atoms with E-state index in [0.717, 1.165) is 0 Å². The summed E-state index contributed by atoms with van der Waals surface area (Å²) in [7, 11) is 0. The van der Waals surface area contributed by atoms with Gasteiger partial charge in [-0.15, -0.1) is 11.8 Å². The highest BCUT2D eigenvalue weighted by Crippen LogP contribution is 2.29. The Bertz CT molecular complexity index is 636. The van der Waals surface area contributed by atoms with Gasteiger partial charge in [0.15, 0.2) is 0 Å². The van der Waals surface area contributed by atoms with Crippen molar-refractivity contribution in [2.75, 3.05) is 12.0 Å². The van der Waals surface area contributed by atoms with Gasteiger partial charge < -0.3 is 5.73 Å². The summed E-state index contributed by atoms with van der Waals surface area (Å²) in [5, 5.41) is 9.61. The normalized spacial score (nSPS) is 10.1. The molecule has 4 nitrogen and oxygen atoms in total. The van der Waals surface area contributed by atoms with Gasteiger partial charge in [0.2, 0.25) is 5.95 Å². The van der Waals surface area contributed by atoms with Crippen molar-refractivity contribution in [3.8, 4) is 17.3 Å². The molecule has 6 heteroatoms. The van der Waals surface area contributed by atoms with Crippen LogP contribution >= 0.6 is 11.8 Å². The fourth-order valence-corrected chi connectivity index (χ4v) is 2.08. The smallest absolute Gasteiger partial charge is 0.221 e. The lowest BCUT2D eigenvalue weighted by Crippen LogP contribution is -2.02. The predicted octanol–water partition coefficient (Wildman–Crippen LogP) is 2.46. The Balaban J connectivity index is 2.76. The van der Waals surface area contributed by atoms with E-state index in [9.17, 15) is 4.39 Å². The maximum Gasteiger partial charge on any atom is 0.221 e. The molecule has 0 atom stereocenters. The van der Waals surface area contributed by atoms with Gasteiger partial charge in [-0.1, -0.05) is 12.1 Å². The molecule has 1 aromatic carbocycles. The molecular formula is C12H9FN4S. The quantitative estimate of drug-likeness (QED) is 0.663. The monoisotopic (exact) mass is 260 g/mol. The van der Waals surface area contributed by atoms with Crippen LogP contribution in [0.1, 0.15) is 5.56 Å². The first-order valence-corrected chi connectivity index (χ1v) is 6.26. The SMILES string of the molecule is CSc1nc(N)nc(-c2ccccc2F)c1C#N. The van der Waals surface area contributed by atoms with Crippen molar-refractivity contribution in [1.82, 2.24) is 9.97 Å². The van der Waals surface area contributed by atoms with Gasteiger partial charge in [-0.25, -0.2) is 14.4 Å². The van der Waals surface area contributed by atoms with E-state index in [1.807, 2.05) is 6.07 Å². The number of benzene rings is 1. The van der Waals surface area contributed by atoms with Crippen molar-refractivity contribution in [1.29, 1.82) is 5.26 Å². The average Bonchev–Trinajstić information content (AvgIpc) is 2.38. The van der Waals surface area contributed by atoms with Gasteiger partial charge >= 0.3 is 0 Å². The highest BCUT2D eigenvalue weighted by molar-refractivity contribution is 7.98. The van der Waals surface area contributed by atoms with Crippen LogP contribution in [0.3, 0.4) is 0 Å². The van der Waals surface area contributed by atoms with Crippen LogP contribution in [0.15, 0.2) is 29.3 Å². The second-order valence-corrected chi connectivity index (χ2v) is 4.20. The molecule has 0 bridgehead atoms. The van der Waals surface area contributed by atoms with E-state index in [4.69, 9.17) is 11.0 Å². The second kappa shape index (κ2) is 5.02. The molecular weight excluding hydrogens is 251 g/mol. The zero-order valence-corrected chi connectivity index (χ0v) is 10.3. The van der Waals surface area contributed by atoms with E-state index in [0.29, 0.717) is 5.03 Å². The summed E-state index contributed by atoms with van der Waals surface area (Å²) in [6, 6.07) is 8.12. The van der Waals surface area contributed by atoms with Crippen LogP contribution in [0.2, 0.25) is 0 Å². The number of rotatable bonds is 2. The number of hydrogen-bond acceptors (Lipinski definition) is 5. The molecule has 2 N–H and O–H groups in total. The molecule has 0 spiro atoms. The number of nitrogens with two attached hydrogens (primary N) is 1. The van der Waals surface area contributed by atoms with Crippen LogP contribution in [0.4, 0.5) is 10.3 Å². The summed E-state index contributed by atoms with van der Waals surface area (Å²) in [5.74, 6) is -0.421. The molecule has 0 aliphatic heterocycles. The van der Waals surface area contributed by atoms with Gasteiger partial charge in [-0.05, 0) is 18.4 Å². The Hall–Kier alpha value is -2.13. The number of hydrogen-bond donors (Lipinski definition) is 1. The van der Waals surface area contributed by atoms with Gasteiger partial charge in [-0.2, -0.15) is 5.26 Å². The average molecular weight is 260 g/mol. The van der Waals surface area contributed by atoms with Crippen molar-refractivity contribution >= 4 is 17.7 Å². The Morgan fingerprint density at radius 3 is 2.67 bits per heavy atom. The van der Waals surface area contributed by atoms with E-state index in [1.165, 1.54) is 17.8 Å². The lowest BCUT2D eigenvalue weighted by Gasteiger charge is -2.08. The zero-order valence-electron chi connectivity index (χ0n) is 9.51. The number of thioether (sulfide) groups is 1. The molecule has 2 aromatic rings. The first-order valence-electron chi connectivity index (χ1n) is 5.04. The molecule has 0 aliphatic rings. The fraction of sp³-hybridized carbons (Fsp3) is 0.0833. The van der Waals surface area contributed by atoms with Crippen LogP contribution in [0, 0.1) is 17.1 Å². The summed E-state index contributed by atoms with van der Waals surface area (Å²) in [4.78, 5) is 7.94. The van der Waals surface area contributed by atoms with Crippen molar-refractivity contribution in [3.05, 3.63) is 35.6 Å². The highest BCUT2D eigenvalue weighted by atomic mass is 32.2. The minimum Gasteiger partial charge on any atom is -0.368 e. The summed E-state index contributed by atoms with van der Waals surface area (Å²) in [6.07, 6.45) is 1.77. The minimum absolute atomic E-state index is 0.0246. The summed E-state index contributed by atoms with van der Waals surface area (Å²) >= 11 is 1.27. The molecule has 2 rings (SSSR count). The van der Waals surface area contributed by atoms with Gasteiger partial charge in [0.05, 0.1) is 5.69 Å². The van der Waals surface area contributed by atoms with Crippen LogP contribution in [-0.2, 0) is 0 Å². The molecule has 0 fully saturated rings. The molecule has 1 heterocycles. The van der Waals surface area contributed by atoms with Crippen molar-refractivity contribution < 1.29 is 4.39 Å². The Kier molecular flexibility index (Phi) is 3.44. The third kappa shape index (κ3) is 2.13. The third-order valence-electron chi connectivity index (χ3n) is 2.33. The largest absolute Gasteiger partial charge is 0.368 e. The van der Waals surface area contributed by atoms with Crippen molar-refractivity contribution in [2.24, 2.45) is 0 Å². The number of anilines is 1. The molecule has 90 valence electrons. The van der Waals surface area contributed by atoms with Gasteiger partial charge in [0.1, 0.15) is 22.5 Å². The standard InChI is InChI=1S/C12H9FN4S/c1-18-11-8(6-14)10(16-12(15)17-11)7-4-2-3-5-9(7)13/h2-5H,1H3,(H2,15,16,17). The van der Waals surface area contributed by atoms with Crippen LogP contribution in [0.25, 0.3) is 11.3 Å². The summed E-state index contributed by atoms with van der Waals surface area (Å²) in [6.45, 7) is 0. The van der Waals surface area contributed by atoms with Gasteiger partial charge in [0.25, 0.3) is 0 Å². The minimum atomic E-state index is -0.445. The van der Waals surface area contributed by atoms with E-state index >= 15 is 0 Å². The van der Waals surface area contributed by atoms with Crippen molar-refractivity contribution in [2.45, 2.75) is 5.03 Å². The molecule has 0 saturated carbocycles. The number of nitriles is 1. The molecule has 18 heavy (non-hydrogen) atoms. The first kappa shape index (κ1) is 12.3. The van der Waals surface area contributed by atoms with E-state index in [-0.39, 0.29) is 22.8 Å². The third-order valence-corrected chi connectivity index (χ3v) is 3.01. The maximum atomic E-state index is 13.7. The molecule has 0 amide bonds. The maximum absolute atomic E-state index is 13.7. The molecule has 0 radical (unpaired) electrons. The van der Waals surface area contributed by atoms with Gasteiger partial charge in [0, 0.05) is 5.56 Å². The number of aromatic nitrogens is 2. The highest BCUT2D eigenvalue weighted by Gasteiger charge is 2.16. The lowest BCUT2D eigenvalue weighted by molar-refractivity contribution is 0.630. The Labute approximate surface area is 108 Å². The van der Waals surface area contributed by atoms with E-state index in [2.05, 4.69) is 9.97 Å². The van der Waals surface area contributed by atoms with E-state index in [1.54, 1.807) is 24.5 Å². The summed E-state index contributed by atoms with van der Waals surface area (Å²) < 4.78 is 13.7. The molecule has 0 saturated heterocycles. The molecule has 0 unspecified atom stereocenters. The lowest BCUT2D eigenvalue weighted by atomic mass is 10.1. The Morgan fingerprint density at radius 2 is 2.06 bits per heavy atom. The number of nitrogen functional groups attached to an aromatic ring is 1.